The number of hydrogen-bond acceptors (Lipinski definition) is 5. The van der Waals surface area contributed by atoms with Crippen molar-refractivity contribution in [2.75, 3.05) is 6.61 Å². The summed E-state index contributed by atoms with van der Waals surface area (Å²) in [6.07, 6.45) is 0. The molecule has 1 unspecified atom stereocenters. The first kappa shape index (κ1) is 11.7. The molecular weight excluding hydrogens is 225 g/mol. The van der Waals surface area contributed by atoms with Crippen LogP contribution < -0.4 is 5.73 Å². The summed E-state index contributed by atoms with van der Waals surface area (Å²) < 4.78 is 18.5. The maximum absolute atomic E-state index is 13.6. The lowest BCUT2D eigenvalue weighted by atomic mass is 10.1. The van der Waals surface area contributed by atoms with Crippen molar-refractivity contribution in [3.8, 4) is 11.5 Å². The molecule has 0 saturated carbocycles. The molecule has 0 spiro atoms. The van der Waals surface area contributed by atoms with Crippen molar-refractivity contribution in [2.24, 2.45) is 5.73 Å². The Balaban J connectivity index is 2.37. The molecule has 1 aromatic heterocycles. The third-order valence-electron chi connectivity index (χ3n) is 2.33. The first-order valence-electron chi connectivity index (χ1n) is 5.08. The van der Waals surface area contributed by atoms with Crippen molar-refractivity contribution in [1.29, 1.82) is 0 Å². The van der Waals surface area contributed by atoms with Crippen molar-refractivity contribution < 1.29 is 14.0 Å². The predicted octanol–water partition coefficient (Wildman–Crippen LogP) is 1.18. The summed E-state index contributed by atoms with van der Waals surface area (Å²) >= 11 is 0. The highest BCUT2D eigenvalue weighted by Gasteiger charge is 2.16. The van der Waals surface area contributed by atoms with Crippen molar-refractivity contribution in [3.05, 3.63) is 35.4 Å². The fourth-order valence-electron chi connectivity index (χ4n) is 1.37. The molecule has 0 radical (unpaired) electrons. The van der Waals surface area contributed by atoms with Gasteiger partial charge in [0.05, 0.1) is 18.2 Å². The Labute approximate surface area is 97.1 Å². The van der Waals surface area contributed by atoms with Crippen molar-refractivity contribution in [1.82, 2.24) is 10.1 Å². The topological polar surface area (TPSA) is 85.2 Å². The Hall–Kier alpha value is -1.79. The SMILES string of the molecule is Cc1ccc(-c2nc(C(N)CO)no2)c(F)c1. The van der Waals surface area contributed by atoms with E-state index in [4.69, 9.17) is 15.4 Å². The molecule has 17 heavy (non-hydrogen) atoms. The van der Waals surface area contributed by atoms with Crippen LogP contribution in [0.2, 0.25) is 0 Å². The summed E-state index contributed by atoms with van der Waals surface area (Å²) in [6.45, 7) is 1.49. The third kappa shape index (κ3) is 2.32. The molecule has 0 aliphatic rings. The Morgan fingerprint density at radius 3 is 2.94 bits per heavy atom. The molecule has 0 aliphatic heterocycles. The highest BCUT2D eigenvalue weighted by molar-refractivity contribution is 5.54. The van der Waals surface area contributed by atoms with Crippen LogP contribution >= 0.6 is 0 Å². The number of aliphatic hydroxyl groups excluding tert-OH is 1. The predicted molar refractivity (Wildman–Crippen MR) is 58.4 cm³/mol. The monoisotopic (exact) mass is 237 g/mol. The molecule has 1 atom stereocenters. The molecule has 90 valence electrons. The number of aryl methyl sites for hydroxylation is 1. The second-order valence-electron chi connectivity index (χ2n) is 3.73. The lowest BCUT2D eigenvalue weighted by molar-refractivity contribution is 0.260. The summed E-state index contributed by atoms with van der Waals surface area (Å²) in [5, 5.41) is 12.4. The van der Waals surface area contributed by atoms with Gasteiger partial charge in [0, 0.05) is 0 Å². The zero-order valence-corrected chi connectivity index (χ0v) is 9.22. The van der Waals surface area contributed by atoms with Gasteiger partial charge >= 0.3 is 0 Å². The number of aromatic nitrogens is 2. The van der Waals surface area contributed by atoms with Crippen LogP contribution in [0.15, 0.2) is 22.7 Å². The van der Waals surface area contributed by atoms with Gasteiger partial charge < -0.3 is 15.4 Å². The standard InChI is InChI=1S/C11H12FN3O2/c1-6-2-3-7(8(12)4-6)11-14-10(15-17-11)9(13)5-16/h2-4,9,16H,5,13H2,1H3. The van der Waals surface area contributed by atoms with E-state index in [0.717, 1.165) is 5.56 Å². The number of nitrogens with zero attached hydrogens (tertiary/aromatic N) is 2. The van der Waals surface area contributed by atoms with E-state index in [0.29, 0.717) is 0 Å². The highest BCUT2D eigenvalue weighted by atomic mass is 19.1. The van der Waals surface area contributed by atoms with Crippen LogP contribution in [0.5, 0.6) is 0 Å². The van der Waals surface area contributed by atoms with Crippen LogP contribution in [0.25, 0.3) is 11.5 Å². The Morgan fingerprint density at radius 2 is 2.29 bits per heavy atom. The quantitative estimate of drug-likeness (QED) is 0.837. The normalized spacial score (nSPS) is 12.7. The van der Waals surface area contributed by atoms with Crippen LogP contribution in [0.3, 0.4) is 0 Å². The molecule has 0 amide bonds. The molecule has 1 aromatic carbocycles. The summed E-state index contributed by atoms with van der Waals surface area (Å²) in [4.78, 5) is 3.94. The fourth-order valence-corrected chi connectivity index (χ4v) is 1.37. The maximum Gasteiger partial charge on any atom is 0.260 e. The van der Waals surface area contributed by atoms with E-state index in [1.807, 2.05) is 0 Å². The fraction of sp³-hybridized carbons (Fsp3) is 0.273. The largest absolute Gasteiger partial charge is 0.394 e. The van der Waals surface area contributed by atoms with Crippen molar-refractivity contribution in [2.45, 2.75) is 13.0 Å². The minimum absolute atomic E-state index is 0.0569. The Bertz CT molecular complexity index is 527. The minimum Gasteiger partial charge on any atom is -0.394 e. The maximum atomic E-state index is 13.6. The van der Waals surface area contributed by atoms with Gasteiger partial charge in [-0.2, -0.15) is 4.98 Å². The summed E-state index contributed by atoms with van der Waals surface area (Å²) in [5.41, 5.74) is 6.54. The van der Waals surface area contributed by atoms with Gasteiger partial charge in [-0.15, -0.1) is 0 Å². The van der Waals surface area contributed by atoms with Crippen LogP contribution in [-0.2, 0) is 0 Å². The molecular formula is C11H12FN3O2. The van der Waals surface area contributed by atoms with Gasteiger partial charge in [-0.1, -0.05) is 11.2 Å². The molecule has 2 rings (SSSR count). The van der Waals surface area contributed by atoms with Crippen LogP contribution in [0, 0.1) is 12.7 Å². The number of benzene rings is 1. The van der Waals surface area contributed by atoms with Gasteiger partial charge in [-0.3, -0.25) is 0 Å². The second-order valence-corrected chi connectivity index (χ2v) is 3.73. The average molecular weight is 237 g/mol. The number of hydrogen-bond donors (Lipinski definition) is 2. The van der Waals surface area contributed by atoms with Crippen molar-refractivity contribution in [3.63, 3.8) is 0 Å². The Morgan fingerprint density at radius 1 is 1.53 bits per heavy atom. The van der Waals surface area contributed by atoms with E-state index >= 15 is 0 Å². The smallest absolute Gasteiger partial charge is 0.260 e. The van der Waals surface area contributed by atoms with Crippen molar-refractivity contribution >= 4 is 0 Å². The number of nitrogens with two attached hydrogens (primary N) is 1. The zero-order valence-electron chi connectivity index (χ0n) is 9.22. The van der Waals surface area contributed by atoms with E-state index in [1.165, 1.54) is 6.07 Å². The molecule has 5 nitrogen and oxygen atoms in total. The number of rotatable bonds is 3. The second kappa shape index (κ2) is 4.60. The highest BCUT2D eigenvalue weighted by Crippen LogP contribution is 2.22. The van der Waals surface area contributed by atoms with Crippen LogP contribution in [0.4, 0.5) is 4.39 Å². The first-order valence-corrected chi connectivity index (χ1v) is 5.08. The minimum atomic E-state index is -0.721. The molecule has 1 heterocycles. The molecule has 3 N–H and O–H groups in total. The van der Waals surface area contributed by atoms with E-state index in [9.17, 15) is 4.39 Å². The molecule has 6 heteroatoms. The lowest BCUT2D eigenvalue weighted by Gasteiger charge is -1.99. The first-order chi connectivity index (χ1) is 8.11. The average Bonchev–Trinajstić information content (AvgIpc) is 2.77. The van der Waals surface area contributed by atoms with Gasteiger partial charge in [-0.05, 0) is 24.6 Å². The molecule has 0 saturated heterocycles. The van der Waals surface area contributed by atoms with Gasteiger partial charge in [0.2, 0.25) is 0 Å². The third-order valence-corrected chi connectivity index (χ3v) is 2.33. The van der Waals surface area contributed by atoms with Crippen LogP contribution in [0.1, 0.15) is 17.4 Å². The van der Waals surface area contributed by atoms with Gasteiger partial charge in [0.1, 0.15) is 5.82 Å². The zero-order chi connectivity index (χ0) is 12.4. The number of aliphatic hydroxyl groups is 1. The molecule has 2 aromatic rings. The molecule has 0 bridgehead atoms. The van der Waals surface area contributed by atoms with Crippen LogP contribution in [-0.4, -0.2) is 21.9 Å². The van der Waals surface area contributed by atoms with E-state index in [1.54, 1.807) is 19.1 Å². The van der Waals surface area contributed by atoms with E-state index in [-0.39, 0.29) is 23.9 Å². The van der Waals surface area contributed by atoms with E-state index in [2.05, 4.69) is 10.1 Å². The summed E-state index contributed by atoms with van der Waals surface area (Å²) in [7, 11) is 0. The van der Waals surface area contributed by atoms with Gasteiger partial charge in [-0.25, -0.2) is 4.39 Å². The van der Waals surface area contributed by atoms with E-state index < -0.39 is 11.9 Å². The molecule has 0 fully saturated rings. The summed E-state index contributed by atoms with van der Waals surface area (Å²) in [5.74, 6) is -0.221. The summed E-state index contributed by atoms with van der Waals surface area (Å²) in [6, 6.07) is 3.97. The van der Waals surface area contributed by atoms with Gasteiger partial charge in [0.15, 0.2) is 5.82 Å². The Kier molecular flexibility index (Phi) is 3.16. The van der Waals surface area contributed by atoms with Gasteiger partial charge in [0.25, 0.3) is 5.89 Å². The lowest BCUT2D eigenvalue weighted by Crippen LogP contribution is -2.15. The number of halogens is 1. The molecule has 0 aliphatic carbocycles.